The highest BCUT2D eigenvalue weighted by Crippen LogP contribution is 2.07. The van der Waals surface area contributed by atoms with E-state index in [1.54, 1.807) is 0 Å². The largest absolute Gasteiger partial charge is 0.481 e. The molecule has 2 amide bonds. The lowest BCUT2D eigenvalue weighted by Crippen LogP contribution is -2.52. The molecule has 0 unspecified atom stereocenters. The number of amides is 2. The molecular weight excluding hydrogens is 323 g/mol. The molecule has 1 aromatic carbocycles. The smallest absolute Gasteiger partial charge is 0.326 e. The lowest BCUT2D eigenvalue weighted by molar-refractivity contribution is -0.147. The highest BCUT2D eigenvalue weighted by Gasteiger charge is 2.27. The molecule has 0 heterocycles. The van der Waals surface area contributed by atoms with E-state index in [2.05, 4.69) is 10.6 Å². The third-order valence-corrected chi connectivity index (χ3v) is 3.02. The summed E-state index contributed by atoms with van der Waals surface area (Å²) in [5.74, 6) is -4.86. The normalized spacial score (nSPS) is 12.8. The average Bonchev–Trinajstić information content (AvgIpc) is 2.44. The van der Waals surface area contributed by atoms with E-state index in [0.717, 1.165) is 6.92 Å². The van der Waals surface area contributed by atoms with Crippen molar-refractivity contribution < 1.29 is 33.8 Å². The van der Waals surface area contributed by atoms with E-state index in [4.69, 9.17) is 10.2 Å². The Hall–Kier alpha value is -2.97. The van der Waals surface area contributed by atoms with E-state index in [9.17, 15) is 23.6 Å². The number of benzene rings is 1. The van der Waals surface area contributed by atoms with Crippen molar-refractivity contribution in [1.29, 1.82) is 0 Å². The van der Waals surface area contributed by atoms with E-state index in [-0.39, 0.29) is 6.42 Å². The van der Waals surface area contributed by atoms with Gasteiger partial charge in [0.2, 0.25) is 11.8 Å². The summed E-state index contributed by atoms with van der Waals surface area (Å²) < 4.78 is 13.2. The van der Waals surface area contributed by atoms with Crippen molar-refractivity contribution in [1.82, 2.24) is 10.6 Å². The van der Waals surface area contributed by atoms with Gasteiger partial charge in [0.1, 0.15) is 17.9 Å². The van der Waals surface area contributed by atoms with Gasteiger partial charge in [-0.15, -0.1) is 0 Å². The Labute approximate surface area is 136 Å². The van der Waals surface area contributed by atoms with Crippen LogP contribution in [0.25, 0.3) is 0 Å². The van der Waals surface area contributed by atoms with Gasteiger partial charge in [-0.25, -0.2) is 9.18 Å². The van der Waals surface area contributed by atoms with E-state index in [0.29, 0.717) is 5.56 Å². The third kappa shape index (κ3) is 6.42. The first kappa shape index (κ1) is 19.1. The number of nitrogens with one attached hydrogen (secondary N) is 2. The van der Waals surface area contributed by atoms with Crippen LogP contribution in [-0.2, 0) is 25.6 Å². The molecule has 24 heavy (non-hydrogen) atoms. The van der Waals surface area contributed by atoms with Crippen LogP contribution in [0.3, 0.4) is 0 Å². The molecule has 8 nitrogen and oxygen atoms in total. The predicted molar refractivity (Wildman–Crippen MR) is 79.5 cm³/mol. The predicted octanol–water partition coefficient (Wildman–Crippen LogP) is -0.0830. The number of hydrogen-bond donors (Lipinski definition) is 4. The fraction of sp³-hybridized carbons (Fsp3) is 0.333. The number of aliphatic carboxylic acids is 2. The Balaban J connectivity index is 2.89. The molecule has 2 atom stereocenters. The molecule has 0 aromatic heterocycles. The third-order valence-electron chi connectivity index (χ3n) is 3.02. The number of carbonyl (C=O) groups excluding carboxylic acids is 2. The van der Waals surface area contributed by atoms with Crippen LogP contribution in [0.15, 0.2) is 24.3 Å². The molecule has 0 aliphatic carbocycles. The molecule has 130 valence electrons. The molecule has 9 heteroatoms. The molecule has 0 saturated heterocycles. The van der Waals surface area contributed by atoms with Crippen molar-refractivity contribution in [2.45, 2.75) is 31.8 Å². The minimum atomic E-state index is -1.64. The minimum Gasteiger partial charge on any atom is -0.481 e. The van der Waals surface area contributed by atoms with Crippen LogP contribution in [0, 0.1) is 5.82 Å². The van der Waals surface area contributed by atoms with Crippen LogP contribution < -0.4 is 10.6 Å². The van der Waals surface area contributed by atoms with Crippen LogP contribution in [0.1, 0.15) is 18.9 Å². The van der Waals surface area contributed by atoms with Crippen molar-refractivity contribution in [2.24, 2.45) is 0 Å². The SMILES string of the molecule is CC(=O)N[C@H](Cc1cccc(F)c1)C(=O)N[C@H](CC(=O)O)C(=O)O. The highest BCUT2D eigenvalue weighted by atomic mass is 19.1. The summed E-state index contributed by atoms with van der Waals surface area (Å²) in [6.45, 7) is 1.16. The summed E-state index contributed by atoms with van der Waals surface area (Å²) in [7, 11) is 0. The first-order chi connectivity index (χ1) is 11.2. The van der Waals surface area contributed by atoms with Crippen molar-refractivity contribution in [3.05, 3.63) is 35.6 Å². The first-order valence-corrected chi connectivity index (χ1v) is 6.95. The van der Waals surface area contributed by atoms with Gasteiger partial charge in [-0.3, -0.25) is 14.4 Å². The Bertz CT molecular complexity index is 649. The summed E-state index contributed by atoms with van der Waals surface area (Å²) in [6, 6.07) is 2.55. The minimum absolute atomic E-state index is 0.0808. The molecule has 0 saturated carbocycles. The Morgan fingerprint density at radius 2 is 1.79 bits per heavy atom. The van der Waals surface area contributed by atoms with Gasteiger partial charge in [0.15, 0.2) is 0 Å². The average molecular weight is 340 g/mol. The zero-order valence-corrected chi connectivity index (χ0v) is 12.8. The number of halogens is 1. The van der Waals surface area contributed by atoms with E-state index >= 15 is 0 Å². The van der Waals surface area contributed by atoms with Crippen LogP contribution >= 0.6 is 0 Å². The van der Waals surface area contributed by atoms with E-state index in [1.165, 1.54) is 24.3 Å². The molecule has 1 rings (SSSR count). The second kappa shape index (κ2) is 8.61. The van der Waals surface area contributed by atoms with Crippen molar-refractivity contribution in [3.8, 4) is 0 Å². The fourth-order valence-corrected chi connectivity index (χ4v) is 2.00. The van der Waals surface area contributed by atoms with Crippen LogP contribution in [0.5, 0.6) is 0 Å². The molecule has 0 spiro atoms. The second-order valence-electron chi connectivity index (χ2n) is 5.08. The fourth-order valence-electron chi connectivity index (χ4n) is 2.00. The van der Waals surface area contributed by atoms with Crippen molar-refractivity contribution in [2.75, 3.05) is 0 Å². The maximum absolute atomic E-state index is 13.2. The standard InChI is InChI=1S/C15H17FN2O6/c1-8(19)17-11(6-9-3-2-4-10(16)5-9)14(22)18-12(15(23)24)7-13(20)21/h2-5,11-12H,6-7H2,1H3,(H,17,19)(H,18,22)(H,20,21)(H,23,24)/t11-,12-/m1/s1. The second-order valence-corrected chi connectivity index (χ2v) is 5.08. The first-order valence-electron chi connectivity index (χ1n) is 6.95. The molecular formula is C15H17FN2O6. The monoisotopic (exact) mass is 340 g/mol. The van der Waals surface area contributed by atoms with Gasteiger partial charge in [0.05, 0.1) is 6.42 Å². The van der Waals surface area contributed by atoms with Crippen LogP contribution in [0.2, 0.25) is 0 Å². The summed E-state index contributed by atoms with van der Waals surface area (Å²) in [5.41, 5.74) is 0.411. The number of hydrogen-bond acceptors (Lipinski definition) is 4. The Kier molecular flexibility index (Phi) is 6.84. The molecule has 1 aromatic rings. The van der Waals surface area contributed by atoms with Gasteiger partial charge < -0.3 is 20.8 Å². The summed E-state index contributed by atoms with van der Waals surface area (Å²) >= 11 is 0. The van der Waals surface area contributed by atoms with Crippen LogP contribution in [0.4, 0.5) is 4.39 Å². The molecule has 0 aliphatic heterocycles. The highest BCUT2D eigenvalue weighted by molar-refractivity contribution is 5.91. The number of rotatable bonds is 8. The van der Waals surface area contributed by atoms with E-state index in [1.807, 2.05) is 0 Å². The van der Waals surface area contributed by atoms with Crippen molar-refractivity contribution in [3.63, 3.8) is 0 Å². The number of carbonyl (C=O) groups is 4. The van der Waals surface area contributed by atoms with Gasteiger partial charge in [-0.1, -0.05) is 12.1 Å². The van der Waals surface area contributed by atoms with Gasteiger partial charge in [-0.2, -0.15) is 0 Å². The molecule has 0 fully saturated rings. The number of carboxylic acids is 2. The Morgan fingerprint density at radius 3 is 2.29 bits per heavy atom. The molecule has 0 radical (unpaired) electrons. The van der Waals surface area contributed by atoms with Gasteiger partial charge in [0.25, 0.3) is 0 Å². The zero-order valence-electron chi connectivity index (χ0n) is 12.8. The van der Waals surface area contributed by atoms with Crippen molar-refractivity contribution >= 4 is 23.8 Å². The molecule has 4 N–H and O–H groups in total. The zero-order chi connectivity index (χ0) is 18.3. The van der Waals surface area contributed by atoms with E-state index < -0.39 is 48.1 Å². The number of carboxylic acid groups (broad SMARTS) is 2. The summed E-state index contributed by atoms with van der Waals surface area (Å²) in [6.07, 6.45) is -0.892. The van der Waals surface area contributed by atoms with Gasteiger partial charge in [0, 0.05) is 13.3 Å². The summed E-state index contributed by atoms with van der Waals surface area (Å²) in [4.78, 5) is 45.1. The molecule has 0 bridgehead atoms. The van der Waals surface area contributed by atoms with Gasteiger partial charge in [-0.05, 0) is 17.7 Å². The topological polar surface area (TPSA) is 133 Å². The lowest BCUT2D eigenvalue weighted by atomic mass is 10.0. The quantitative estimate of drug-likeness (QED) is 0.523. The van der Waals surface area contributed by atoms with Gasteiger partial charge >= 0.3 is 11.9 Å². The molecule has 0 aliphatic rings. The van der Waals surface area contributed by atoms with Crippen LogP contribution in [-0.4, -0.2) is 46.0 Å². The maximum atomic E-state index is 13.2. The lowest BCUT2D eigenvalue weighted by Gasteiger charge is -2.20. The maximum Gasteiger partial charge on any atom is 0.326 e. The summed E-state index contributed by atoms with van der Waals surface area (Å²) in [5, 5.41) is 22.0. The Morgan fingerprint density at radius 1 is 1.12 bits per heavy atom.